The molecule has 0 fully saturated rings. The van der Waals surface area contributed by atoms with Crippen LogP contribution < -0.4 is 10.0 Å². The third-order valence-corrected chi connectivity index (χ3v) is 5.62. The number of hydrogen-bond acceptors (Lipinski definition) is 4. The predicted molar refractivity (Wildman–Crippen MR) is 79.3 cm³/mol. The molecule has 108 valence electrons. The van der Waals surface area contributed by atoms with Crippen molar-refractivity contribution in [2.24, 2.45) is 0 Å². The molecular weight excluding hydrogens is 323 g/mol. The molecule has 0 radical (unpaired) electrons. The number of thiophene rings is 1. The topological polar surface area (TPSA) is 58.2 Å². The summed E-state index contributed by atoms with van der Waals surface area (Å²) in [5.74, 6) is -0.787. The predicted octanol–water partition coefficient (Wildman–Crippen LogP) is 3.06. The first-order chi connectivity index (χ1) is 9.44. The van der Waals surface area contributed by atoms with Gasteiger partial charge in [-0.2, -0.15) is 0 Å². The minimum Gasteiger partial charge on any atom is -0.316 e. The summed E-state index contributed by atoms with van der Waals surface area (Å²) < 4.78 is 40.3. The molecule has 2 aromatic rings. The summed E-state index contributed by atoms with van der Waals surface area (Å²) >= 11 is 6.70. The third kappa shape index (κ3) is 3.29. The van der Waals surface area contributed by atoms with Crippen LogP contribution in [0.25, 0.3) is 0 Å². The second-order valence-corrected chi connectivity index (χ2v) is 7.24. The van der Waals surface area contributed by atoms with Gasteiger partial charge < -0.3 is 5.32 Å². The molecule has 0 unspecified atom stereocenters. The molecule has 4 nitrogen and oxygen atoms in total. The highest BCUT2D eigenvalue weighted by Gasteiger charge is 2.19. The first-order valence-electron chi connectivity index (χ1n) is 5.63. The summed E-state index contributed by atoms with van der Waals surface area (Å²) in [5, 5.41) is 4.53. The van der Waals surface area contributed by atoms with Crippen LogP contribution in [0.3, 0.4) is 0 Å². The zero-order chi connectivity index (χ0) is 14.8. The average Bonchev–Trinajstić information content (AvgIpc) is 2.85. The lowest BCUT2D eigenvalue weighted by atomic mass is 10.3. The summed E-state index contributed by atoms with van der Waals surface area (Å²) in [6.07, 6.45) is 0. The number of halogens is 2. The van der Waals surface area contributed by atoms with Crippen LogP contribution in [0.1, 0.15) is 5.56 Å². The van der Waals surface area contributed by atoms with Gasteiger partial charge >= 0.3 is 0 Å². The van der Waals surface area contributed by atoms with Crippen molar-refractivity contribution >= 4 is 38.6 Å². The highest BCUT2D eigenvalue weighted by molar-refractivity contribution is 7.94. The van der Waals surface area contributed by atoms with E-state index in [1.165, 1.54) is 18.2 Å². The van der Waals surface area contributed by atoms with E-state index in [-0.39, 0.29) is 14.9 Å². The van der Waals surface area contributed by atoms with E-state index in [0.29, 0.717) is 6.54 Å². The van der Waals surface area contributed by atoms with Crippen LogP contribution >= 0.6 is 22.9 Å². The quantitative estimate of drug-likeness (QED) is 0.883. The Kier molecular flexibility index (Phi) is 4.64. The second kappa shape index (κ2) is 6.09. The van der Waals surface area contributed by atoms with E-state index in [4.69, 9.17) is 11.6 Å². The SMILES string of the molecule is CNCc1csc(S(=O)(=O)Nc2cccc(Cl)c2F)c1. The number of benzene rings is 1. The molecule has 2 rings (SSSR count). The van der Waals surface area contributed by atoms with Gasteiger partial charge in [-0.3, -0.25) is 4.72 Å². The minimum atomic E-state index is -3.81. The van der Waals surface area contributed by atoms with E-state index in [9.17, 15) is 12.8 Å². The molecule has 0 atom stereocenters. The Morgan fingerprint density at radius 1 is 1.40 bits per heavy atom. The molecule has 0 aliphatic carbocycles. The monoisotopic (exact) mass is 334 g/mol. The van der Waals surface area contributed by atoms with Gasteiger partial charge in [0.1, 0.15) is 4.21 Å². The van der Waals surface area contributed by atoms with E-state index < -0.39 is 15.8 Å². The van der Waals surface area contributed by atoms with Gasteiger partial charge in [-0.05, 0) is 36.2 Å². The standard InChI is InChI=1S/C12H12ClFN2O2S2/c1-15-6-8-5-11(19-7-8)20(17,18)16-10-4-2-3-9(13)12(10)14/h2-5,7,15-16H,6H2,1H3. The van der Waals surface area contributed by atoms with Gasteiger partial charge in [-0.25, -0.2) is 12.8 Å². The van der Waals surface area contributed by atoms with Gasteiger partial charge in [0, 0.05) is 6.54 Å². The Balaban J connectivity index is 2.28. The lowest BCUT2D eigenvalue weighted by Gasteiger charge is -2.07. The molecule has 0 saturated carbocycles. The fourth-order valence-electron chi connectivity index (χ4n) is 1.57. The van der Waals surface area contributed by atoms with Crippen molar-refractivity contribution in [2.45, 2.75) is 10.8 Å². The molecule has 2 N–H and O–H groups in total. The first-order valence-corrected chi connectivity index (χ1v) is 8.37. The molecular formula is C12H12ClFN2O2S2. The van der Waals surface area contributed by atoms with Crippen molar-refractivity contribution < 1.29 is 12.8 Å². The van der Waals surface area contributed by atoms with E-state index >= 15 is 0 Å². The molecule has 1 heterocycles. The maximum absolute atomic E-state index is 13.7. The fourth-order valence-corrected chi connectivity index (χ4v) is 4.01. The van der Waals surface area contributed by atoms with E-state index in [1.807, 2.05) is 0 Å². The lowest BCUT2D eigenvalue weighted by Crippen LogP contribution is -2.13. The molecule has 20 heavy (non-hydrogen) atoms. The summed E-state index contributed by atoms with van der Waals surface area (Å²) in [6.45, 7) is 0.567. The molecule has 0 bridgehead atoms. The van der Waals surface area contributed by atoms with Gasteiger partial charge in [-0.1, -0.05) is 17.7 Å². The normalized spacial score (nSPS) is 11.6. The van der Waals surface area contributed by atoms with Crippen LogP contribution in [0.4, 0.5) is 10.1 Å². The highest BCUT2D eigenvalue weighted by atomic mass is 35.5. The average molecular weight is 335 g/mol. The minimum absolute atomic E-state index is 0.127. The second-order valence-electron chi connectivity index (χ2n) is 4.01. The molecule has 0 amide bonds. The van der Waals surface area contributed by atoms with Gasteiger partial charge in [0.15, 0.2) is 5.82 Å². The number of nitrogens with one attached hydrogen (secondary N) is 2. The molecule has 0 aliphatic heterocycles. The van der Waals surface area contributed by atoms with Crippen LogP contribution in [-0.2, 0) is 16.6 Å². The fraction of sp³-hybridized carbons (Fsp3) is 0.167. The van der Waals surface area contributed by atoms with Crippen LogP contribution in [0, 0.1) is 5.82 Å². The summed E-state index contributed by atoms with van der Waals surface area (Å²) in [5.41, 5.74) is 0.686. The van der Waals surface area contributed by atoms with E-state index in [1.54, 1.807) is 18.5 Å². The van der Waals surface area contributed by atoms with Crippen LogP contribution in [0.2, 0.25) is 5.02 Å². The van der Waals surface area contributed by atoms with Crippen molar-refractivity contribution in [1.29, 1.82) is 0 Å². The molecule has 1 aromatic heterocycles. The Hall–Kier alpha value is -1.15. The van der Waals surface area contributed by atoms with E-state index in [2.05, 4.69) is 10.0 Å². The largest absolute Gasteiger partial charge is 0.316 e. The van der Waals surface area contributed by atoms with E-state index in [0.717, 1.165) is 16.9 Å². The Morgan fingerprint density at radius 3 is 2.85 bits per heavy atom. The van der Waals surface area contributed by atoms with Gasteiger partial charge in [0.2, 0.25) is 0 Å². The highest BCUT2D eigenvalue weighted by Crippen LogP contribution is 2.27. The van der Waals surface area contributed by atoms with Crippen molar-refractivity contribution in [2.75, 3.05) is 11.8 Å². The molecule has 8 heteroatoms. The van der Waals surface area contributed by atoms with Crippen LogP contribution in [-0.4, -0.2) is 15.5 Å². The summed E-state index contributed by atoms with van der Waals surface area (Å²) in [7, 11) is -2.04. The smallest absolute Gasteiger partial charge is 0.271 e. The van der Waals surface area contributed by atoms with Crippen molar-refractivity contribution in [3.63, 3.8) is 0 Å². The van der Waals surface area contributed by atoms with Crippen molar-refractivity contribution in [1.82, 2.24) is 5.32 Å². The summed E-state index contributed by atoms with van der Waals surface area (Å²) in [6, 6.07) is 5.70. The zero-order valence-corrected chi connectivity index (χ0v) is 12.9. The number of sulfonamides is 1. The van der Waals surface area contributed by atoms with Gasteiger partial charge in [0.25, 0.3) is 10.0 Å². The number of hydrogen-bond donors (Lipinski definition) is 2. The maximum Gasteiger partial charge on any atom is 0.271 e. The van der Waals surface area contributed by atoms with Crippen LogP contribution in [0.5, 0.6) is 0 Å². The Labute approximate surface area is 125 Å². The molecule has 0 spiro atoms. The maximum atomic E-state index is 13.7. The molecule has 1 aromatic carbocycles. The van der Waals surface area contributed by atoms with Crippen LogP contribution in [0.15, 0.2) is 33.9 Å². The Morgan fingerprint density at radius 2 is 2.15 bits per heavy atom. The molecule has 0 saturated heterocycles. The lowest BCUT2D eigenvalue weighted by molar-refractivity contribution is 0.600. The van der Waals surface area contributed by atoms with Crippen molar-refractivity contribution in [3.8, 4) is 0 Å². The van der Waals surface area contributed by atoms with Crippen molar-refractivity contribution in [3.05, 3.63) is 46.0 Å². The number of rotatable bonds is 5. The molecule has 0 aliphatic rings. The van der Waals surface area contributed by atoms with Gasteiger partial charge in [0.05, 0.1) is 10.7 Å². The first kappa shape index (κ1) is 15.2. The summed E-state index contributed by atoms with van der Waals surface area (Å²) in [4.78, 5) is 0. The zero-order valence-electron chi connectivity index (χ0n) is 10.5. The number of anilines is 1. The third-order valence-electron chi connectivity index (χ3n) is 2.47. The Bertz CT molecular complexity index is 716. The van der Waals surface area contributed by atoms with Gasteiger partial charge in [-0.15, -0.1) is 11.3 Å².